The molecule has 0 radical (unpaired) electrons. The number of H-pyrrole nitrogens is 1. The van der Waals surface area contributed by atoms with Crippen molar-refractivity contribution < 1.29 is 14.8 Å². The second-order valence-electron chi connectivity index (χ2n) is 2.86. The van der Waals surface area contributed by atoms with Gasteiger partial charge in [-0.15, -0.1) is 0 Å². The van der Waals surface area contributed by atoms with Gasteiger partial charge in [-0.1, -0.05) is 0 Å². The normalized spacial score (nSPS) is 9.93. The molecule has 0 spiro atoms. The fraction of sp³-hybridized carbons (Fsp3) is 0.375. The molecular weight excluding hydrogens is 202 g/mol. The molecule has 1 aromatic heterocycles. The van der Waals surface area contributed by atoms with Crippen LogP contribution in [0, 0.1) is 10.1 Å². The molecule has 0 saturated heterocycles. The van der Waals surface area contributed by atoms with Crippen molar-refractivity contribution in [2.24, 2.45) is 0 Å². The van der Waals surface area contributed by atoms with Crippen LogP contribution >= 0.6 is 0 Å². The van der Waals surface area contributed by atoms with Gasteiger partial charge >= 0.3 is 0 Å². The number of aromatic nitrogens is 1. The van der Waals surface area contributed by atoms with Crippen LogP contribution in [0.15, 0.2) is 12.3 Å². The second-order valence-corrected chi connectivity index (χ2v) is 2.86. The van der Waals surface area contributed by atoms with Crippen molar-refractivity contribution in [1.82, 2.24) is 10.3 Å². The van der Waals surface area contributed by atoms with Crippen LogP contribution in [0.3, 0.4) is 0 Å². The Morgan fingerprint density at radius 2 is 2.40 bits per heavy atom. The van der Waals surface area contributed by atoms with Gasteiger partial charge in [-0.05, 0) is 6.42 Å². The van der Waals surface area contributed by atoms with E-state index in [1.54, 1.807) is 0 Å². The van der Waals surface area contributed by atoms with Crippen LogP contribution in [0.25, 0.3) is 0 Å². The van der Waals surface area contributed by atoms with Crippen LogP contribution < -0.4 is 5.32 Å². The lowest BCUT2D eigenvalue weighted by Crippen LogP contribution is -2.25. The Kier molecular flexibility index (Phi) is 3.81. The van der Waals surface area contributed by atoms with E-state index in [0.29, 0.717) is 13.0 Å². The highest BCUT2D eigenvalue weighted by Crippen LogP contribution is 2.11. The van der Waals surface area contributed by atoms with Crippen LogP contribution in [0.4, 0.5) is 5.69 Å². The SMILES string of the molecule is O=C(NCCCO)c1cc([N+](=O)[O-])c[nH]1. The molecule has 0 unspecified atom stereocenters. The number of aromatic amines is 1. The summed E-state index contributed by atoms with van der Waals surface area (Å²) >= 11 is 0. The maximum absolute atomic E-state index is 11.3. The fourth-order valence-corrected chi connectivity index (χ4v) is 0.996. The maximum atomic E-state index is 11.3. The van der Waals surface area contributed by atoms with E-state index in [2.05, 4.69) is 10.3 Å². The lowest BCUT2D eigenvalue weighted by Gasteiger charge is -2.00. The molecule has 0 fully saturated rings. The molecule has 7 heteroatoms. The van der Waals surface area contributed by atoms with Gasteiger partial charge in [-0.3, -0.25) is 14.9 Å². The summed E-state index contributed by atoms with van der Waals surface area (Å²) in [5, 5.41) is 21.3. The van der Waals surface area contributed by atoms with Crippen molar-refractivity contribution in [3.05, 3.63) is 28.1 Å². The summed E-state index contributed by atoms with van der Waals surface area (Å²) in [5.74, 6) is -0.420. The lowest BCUT2D eigenvalue weighted by atomic mass is 10.3. The Labute approximate surface area is 85.3 Å². The minimum atomic E-state index is -0.582. The summed E-state index contributed by atoms with van der Waals surface area (Å²) in [6.45, 7) is 0.327. The van der Waals surface area contributed by atoms with Gasteiger partial charge in [0.2, 0.25) is 0 Å². The number of nitrogens with one attached hydrogen (secondary N) is 2. The van der Waals surface area contributed by atoms with Gasteiger partial charge in [0, 0.05) is 19.2 Å². The number of aliphatic hydroxyl groups is 1. The smallest absolute Gasteiger partial charge is 0.287 e. The van der Waals surface area contributed by atoms with Gasteiger partial charge < -0.3 is 15.4 Å². The van der Waals surface area contributed by atoms with Crippen molar-refractivity contribution in [2.75, 3.05) is 13.2 Å². The highest BCUT2D eigenvalue weighted by molar-refractivity contribution is 5.93. The van der Waals surface area contributed by atoms with Crippen molar-refractivity contribution in [3.63, 3.8) is 0 Å². The molecular formula is C8H11N3O4. The number of amides is 1. The van der Waals surface area contributed by atoms with E-state index in [0.717, 1.165) is 12.3 Å². The summed E-state index contributed by atoms with van der Waals surface area (Å²) in [5.41, 5.74) is -0.0121. The van der Waals surface area contributed by atoms with E-state index in [1.165, 1.54) is 0 Å². The number of rotatable bonds is 5. The molecule has 0 aliphatic heterocycles. The highest BCUT2D eigenvalue weighted by Gasteiger charge is 2.13. The van der Waals surface area contributed by atoms with E-state index < -0.39 is 10.8 Å². The number of hydrogen-bond acceptors (Lipinski definition) is 4. The molecule has 0 aliphatic rings. The first-order valence-corrected chi connectivity index (χ1v) is 4.37. The van der Waals surface area contributed by atoms with Crippen LogP contribution in [0.1, 0.15) is 16.9 Å². The molecule has 0 saturated carbocycles. The third kappa shape index (κ3) is 3.06. The fourth-order valence-electron chi connectivity index (χ4n) is 0.996. The molecule has 1 amide bonds. The number of hydrogen-bond donors (Lipinski definition) is 3. The molecule has 1 aromatic rings. The van der Waals surface area contributed by atoms with Crippen molar-refractivity contribution in [1.29, 1.82) is 0 Å². The van der Waals surface area contributed by atoms with Crippen LogP contribution in [0.5, 0.6) is 0 Å². The Bertz CT molecular complexity index is 361. The van der Waals surface area contributed by atoms with E-state index >= 15 is 0 Å². The van der Waals surface area contributed by atoms with Crippen LogP contribution in [-0.4, -0.2) is 34.1 Å². The largest absolute Gasteiger partial charge is 0.396 e. The number of carbonyl (C=O) groups excluding carboxylic acids is 1. The van der Waals surface area contributed by atoms with E-state index in [9.17, 15) is 14.9 Å². The first-order chi connectivity index (χ1) is 7.15. The molecule has 0 aliphatic carbocycles. The van der Waals surface area contributed by atoms with Gasteiger partial charge in [0.15, 0.2) is 0 Å². The van der Waals surface area contributed by atoms with E-state index in [-0.39, 0.29) is 18.0 Å². The average Bonchev–Trinajstić information content (AvgIpc) is 2.66. The lowest BCUT2D eigenvalue weighted by molar-refractivity contribution is -0.384. The van der Waals surface area contributed by atoms with Gasteiger partial charge in [0.1, 0.15) is 5.69 Å². The molecule has 82 valence electrons. The maximum Gasteiger partial charge on any atom is 0.287 e. The second kappa shape index (κ2) is 5.11. The predicted octanol–water partition coefficient (Wildman–Crippen LogP) is 0.0351. The Morgan fingerprint density at radius 1 is 1.67 bits per heavy atom. The van der Waals surface area contributed by atoms with Crippen LogP contribution in [0.2, 0.25) is 0 Å². The minimum absolute atomic E-state index is 0.00878. The average molecular weight is 213 g/mol. The molecule has 1 rings (SSSR count). The number of aliphatic hydroxyl groups excluding tert-OH is 1. The Morgan fingerprint density at radius 3 is 2.93 bits per heavy atom. The zero-order chi connectivity index (χ0) is 11.3. The first-order valence-electron chi connectivity index (χ1n) is 4.37. The third-order valence-corrected chi connectivity index (χ3v) is 1.74. The standard InChI is InChI=1S/C8H11N3O4/c12-3-1-2-9-8(13)7-4-6(5-10-7)11(14)15/h4-5,10,12H,1-3H2,(H,9,13). The van der Waals surface area contributed by atoms with Crippen molar-refractivity contribution in [2.45, 2.75) is 6.42 Å². The topological polar surface area (TPSA) is 108 Å². The van der Waals surface area contributed by atoms with Gasteiger partial charge in [0.25, 0.3) is 11.6 Å². The predicted molar refractivity (Wildman–Crippen MR) is 51.5 cm³/mol. The number of nitro groups is 1. The van der Waals surface area contributed by atoms with Crippen LogP contribution in [-0.2, 0) is 0 Å². The van der Waals surface area contributed by atoms with Gasteiger partial charge in [0.05, 0.1) is 11.1 Å². The zero-order valence-electron chi connectivity index (χ0n) is 7.90. The summed E-state index contributed by atoms with van der Waals surface area (Å²) < 4.78 is 0. The number of carbonyl (C=O) groups is 1. The monoisotopic (exact) mass is 213 g/mol. The Balaban J connectivity index is 2.54. The van der Waals surface area contributed by atoms with Crippen molar-refractivity contribution in [3.8, 4) is 0 Å². The summed E-state index contributed by atoms with van der Waals surface area (Å²) in [6.07, 6.45) is 1.61. The summed E-state index contributed by atoms with van der Waals surface area (Å²) in [4.78, 5) is 23.5. The molecule has 0 atom stereocenters. The summed E-state index contributed by atoms with van der Waals surface area (Å²) in [6, 6.07) is 1.16. The van der Waals surface area contributed by atoms with Gasteiger partial charge in [-0.2, -0.15) is 0 Å². The highest BCUT2D eigenvalue weighted by atomic mass is 16.6. The molecule has 0 bridgehead atoms. The zero-order valence-corrected chi connectivity index (χ0v) is 7.90. The molecule has 15 heavy (non-hydrogen) atoms. The van der Waals surface area contributed by atoms with Gasteiger partial charge in [-0.25, -0.2) is 0 Å². The number of nitrogens with zero attached hydrogens (tertiary/aromatic N) is 1. The molecule has 7 nitrogen and oxygen atoms in total. The minimum Gasteiger partial charge on any atom is -0.396 e. The first kappa shape index (κ1) is 11.2. The van der Waals surface area contributed by atoms with E-state index in [4.69, 9.17) is 5.11 Å². The molecule has 0 aromatic carbocycles. The summed E-state index contributed by atoms with van der Waals surface area (Å²) in [7, 11) is 0. The van der Waals surface area contributed by atoms with E-state index in [1.807, 2.05) is 0 Å². The van der Waals surface area contributed by atoms with Crippen molar-refractivity contribution >= 4 is 11.6 Å². The third-order valence-electron chi connectivity index (χ3n) is 1.74. The quantitative estimate of drug-likeness (QED) is 0.364. The molecule has 1 heterocycles. The molecule has 3 N–H and O–H groups in total. The Hall–Kier alpha value is -1.89.